The van der Waals surface area contributed by atoms with Crippen LogP contribution in [0.1, 0.15) is 29.5 Å². The number of fused-ring (bicyclic) bond motifs is 1. The molecule has 4 rings (SSSR count). The Balaban J connectivity index is 1.37. The van der Waals surface area contributed by atoms with Crippen molar-refractivity contribution in [2.75, 3.05) is 11.9 Å². The second-order valence-corrected chi connectivity index (χ2v) is 7.69. The van der Waals surface area contributed by atoms with Crippen LogP contribution >= 0.6 is 0 Å². The van der Waals surface area contributed by atoms with Crippen molar-refractivity contribution < 1.29 is 18.8 Å². The molecule has 0 unspecified atom stereocenters. The van der Waals surface area contributed by atoms with E-state index >= 15 is 0 Å². The van der Waals surface area contributed by atoms with Gasteiger partial charge in [0.1, 0.15) is 23.9 Å². The molecule has 2 aromatic carbocycles. The molecule has 0 aliphatic carbocycles. The van der Waals surface area contributed by atoms with Gasteiger partial charge in [-0.25, -0.2) is 4.98 Å². The van der Waals surface area contributed by atoms with Crippen molar-refractivity contribution in [3.8, 4) is 11.5 Å². The second-order valence-electron chi connectivity index (χ2n) is 7.69. The molecule has 0 aliphatic rings. The molecule has 33 heavy (non-hydrogen) atoms. The average Bonchev–Trinajstić information content (AvgIpc) is 3.19. The van der Waals surface area contributed by atoms with Crippen molar-refractivity contribution in [2.45, 2.75) is 33.8 Å². The molecule has 0 saturated carbocycles. The van der Waals surface area contributed by atoms with Gasteiger partial charge in [-0.15, -0.1) is 4.57 Å². The number of carbonyl (C=O) groups is 1. The SMILES string of the molecule is CCc1ccc(OCC(=O)Nc2ccc(C)c(OCc3cc(=O)n4oc(C)cc4n3)c2)cc1. The Labute approximate surface area is 190 Å². The lowest BCUT2D eigenvalue weighted by molar-refractivity contribution is -0.118. The zero-order valence-electron chi connectivity index (χ0n) is 18.8. The highest BCUT2D eigenvalue weighted by atomic mass is 16.5. The van der Waals surface area contributed by atoms with E-state index in [9.17, 15) is 9.59 Å². The molecule has 0 spiro atoms. The van der Waals surface area contributed by atoms with Crippen LogP contribution in [-0.4, -0.2) is 22.1 Å². The average molecular weight is 447 g/mol. The van der Waals surface area contributed by atoms with E-state index in [4.69, 9.17) is 14.0 Å². The summed E-state index contributed by atoms with van der Waals surface area (Å²) in [5, 5.41) is 2.81. The summed E-state index contributed by atoms with van der Waals surface area (Å²) in [7, 11) is 0. The number of carbonyl (C=O) groups excluding carboxylic acids is 1. The molecule has 0 saturated heterocycles. The Bertz CT molecular complexity index is 1340. The number of benzene rings is 2. The first-order valence-electron chi connectivity index (χ1n) is 10.7. The zero-order valence-corrected chi connectivity index (χ0v) is 18.8. The standard InChI is InChI=1S/C25H25N3O5/c1-4-18-6-9-21(10-7-18)31-15-24(29)27-19-8-5-16(2)22(12-19)32-14-20-13-25(30)28-23(26-20)11-17(3)33-28/h5-13H,4,14-15H2,1-3H3,(H,27,29). The molecule has 2 heterocycles. The third-order valence-corrected chi connectivity index (χ3v) is 5.07. The third-order valence-electron chi connectivity index (χ3n) is 5.07. The van der Waals surface area contributed by atoms with Crippen LogP contribution in [-0.2, 0) is 17.8 Å². The second kappa shape index (κ2) is 9.60. The van der Waals surface area contributed by atoms with E-state index in [-0.39, 0.29) is 24.7 Å². The molecule has 170 valence electrons. The van der Waals surface area contributed by atoms with E-state index in [1.165, 1.54) is 11.6 Å². The lowest BCUT2D eigenvalue weighted by atomic mass is 10.2. The van der Waals surface area contributed by atoms with Crippen molar-refractivity contribution in [1.29, 1.82) is 0 Å². The Hall–Kier alpha value is -4.07. The molecule has 4 aromatic rings. The minimum absolute atomic E-state index is 0.102. The number of rotatable bonds is 8. The van der Waals surface area contributed by atoms with Crippen molar-refractivity contribution in [2.24, 2.45) is 0 Å². The zero-order chi connectivity index (χ0) is 23.4. The first kappa shape index (κ1) is 22.1. The summed E-state index contributed by atoms with van der Waals surface area (Å²) >= 11 is 0. The number of aromatic nitrogens is 2. The van der Waals surface area contributed by atoms with Gasteiger partial charge in [-0.2, -0.15) is 0 Å². The highest BCUT2D eigenvalue weighted by Gasteiger charge is 2.10. The van der Waals surface area contributed by atoms with Crippen LogP contribution in [0.5, 0.6) is 11.5 Å². The van der Waals surface area contributed by atoms with Crippen LogP contribution in [0.25, 0.3) is 5.65 Å². The highest BCUT2D eigenvalue weighted by Crippen LogP contribution is 2.24. The maximum Gasteiger partial charge on any atom is 0.287 e. The van der Waals surface area contributed by atoms with Gasteiger partial charge in [0.15, 0.2) is 12.3 Å². The quantitative estimate of drug-likeness (QED) is 0.438. The number of nitrogens with zero attached hydrogens (tertiary/aromatic N) is 2. The van der Waals surface area contributed by atoms with Crippen molar-refractivity contribution in [3.63, 3.8) is 0 Å². The summed E-state index contributed by atoms with van der Waals surface area (Å²) in [5.41, 5.74) is 3.28. The summed E-state index contributed by atoms with van der Waals surface area (Å²) in [6.07, 6.45) is 0.948. The van der Waals surface area contributed by atoms with Crippen LogP contribution < -0.4 is 20.3 Å². The molecular weight excluding hydrogens is 422 g/mol. The Morgan fingerprint density at radius 3 is 2.61 bits per heavy atom. The van der Waals surface area contributed by atoms with Crippen LogP contribution in [0, 0.1) is 13.8 Å². The fourth-order valence-electron chi connectivity index (χ4n) is 3.30. The lowest BCUT2D eigenvalue weighted by Gasteiger charge is -2.12. The van der Waals surface area contributed by atoms with Crippen LogP contribution in [0.15, 0.2) is 63.9 Å². The minimum atomic E-state index is -0.311. The number of ether oxygens (including phenoxy) is 2. The topological polar surface area (TPSA) is 95.1 Å². The monoisotopic (exact) mass is 447 g/mol. The van der Waals surface area contributed by atoms with E-state index in [1.807, 2.05) is 37.3 Å². The number of anilines is 1. The Morgan fingerprint density at radius 1 is 1.06 bits per heavy atom. The van der Waals surface area contributed by atoms with Gasteiger partial charge < -0.3 is 19.3 Å². The van der Waals surface area contributed by atoms with Gasteiger partial charge in [0.25, 0.3) is 11.5 Å². The minimum Gasteiger partial charge on any atom is -0.487 e. The third kappa shape index (κ3) is 5.41. The smallest absolute Gasteiger partial charge is 0.287 e. The van der Waals surface area contributed by atoms with Gasteiger partial charge in [-0.3, -0.25) is 9.59 Å². The van der Waals surface area contributed by atoms with E-state index in [2.05, 4.69) is 17.2 Å². The Morgan fingerprint density at radius 2 is 1.85 bits per heavy atom. The molecule has 8 nitrogen and oxygen atoms in total. The molecule has 0 atom stereocenters. The number of amides is 1. The number of hydrogen-bond acceptors (Lipinski definition) is 6. The maximum atomic E-state index is 12.3. The summed E-state index contributed by atoms with van der Waals surface area (Å²) in [5.74, 6) is 1.54. The first-order valence-corrected chi connectivity index (χ1v) is 10.7. The van der Waals surface area contributed by atoms with Crippen molar-refractivity contribution in [1.82, 2.24) is 9.56 Å². The molecule has 0 bridgehead atoms. The predicted molar refractivity (Wildman–Crippen MR) is 124 cm³/mol. The fraction of sp³-hybridized carbons (Fsp3) is 0.240. The highest BCUT2D eigenvalue weighted by molar-refractivity contribution is 5.92. The van der Waals surface area contributed by atoms with Gasteiger partial charge >= 0.3 is 0 Å². The Kier molecular flexibility index (Phi) is 6.44. The van der Waals surface area contributed by atoms with E-state index < -0.39 is 0 Å². The summed E-state index contributed by atoms with van der Waals surface area (Å²) < 4.78 is 17.9. The maximum absolute atomic E-state index is 12.3. The van der Waals surface area contributed by atoms with E-state index in [0.29, 0.717) is 34.3 Å². The number of aryl methyl sites for hydroxylation is 3. The predicted octanol–water partition coefficient (Wildman–Crippen LogP) is 4.06. The van der Waals surface area contributed by atoms with Crippen molar-refractivity contribution in [3.05, 3.63) is 87.5 Å². The van der Waals surface area contributed by atoms with Gasteiger partial charge in [0.2, 0.25) is 0 Å². The van der Waals surface area contributed by atoms with E-state index in [1.54, 1.807) is 25.1 Å². The number of hydrogen-bond donors (Lipinski definition) is 1. The van der Waals surface area contributed by atoms with Crippen LogP contribution in [0.3, 0.4) is 0 Å². The molecule has 1 amide bonds. The van der Waals surface area contributed by atoms with Gasteiger partial charge in [-0.1, -0.05) is 25.1 Å². The number of nitrogens with one attached hydrogen (secondary N) is 1. The van der Waals surface area contributed by atoms with Gasteiger partial charge in [-0.05, 0) is 49.6 Å². The van der Waals surface area contributed by atoms with Crippen molar-refractivity contribution >= 4 is 17.2 Å². The molecule has 0 aliphatic heterocycles. The van der Waals surface area contributed by atoms with Crippen LogP contribution in [0.4, 0.5) is 5.69 Å². The van der Waals surface area contributed by atoms with Crippen LogP contribution in [0.2, 0.25) is 0 Å². The lowest BCUT2D eigenvalue weighted by Crippen LogP contribution is -2.20. The molecule has 0 radical (unpaired) electrons. The molecule has 0 fully saturated rings. The summed E-state index contributed by atoms with van der Waals surface area (Å²) in [6.45, 7) is 5.73. The molecule has 8 heteroatoms. The van der Waals surface area contributed by atoms with Gasteiger partial charge in [0.05, 0.1) is 5.69 Å². The summed E-state index contributed by atoms with van der Waals surface area (Å²) in [6, 6.07) is 16.1. The summed E-state index contributed by atoms with van der Waals surface area (Å²) in [4.78, 5) is 28.9. The molecule has 2 aromatic heterocycles. The fourth-order valence-corrected chi connectivity index (χ4v) is 3.30. The molecular formula is C25H25N3O5. The molecule has 1 N–H and O–H groups in total. The first-order chi connectivity index (χ1) is 15.9. The normalized spacial score (nSPS) is 10.9. The van der Waals surface area contributed by atoms with Gasteiger partial charge in [0, 0.05) is 23.9 Å². The van der Waals surface area contributed by atoms with E-state index in [0.717, 1.165) is 16.6 Å². The largest absolute Gasteiger partial charge is 0.487 e.